The molecule has 0 unspecified atom stereocenters. The van der Waals surface area contributed by atoms with Crippen LogP contribution >= 0.6 is 11.6 Å². The highest BCUT2D eigenvalue weighted by Crippen LogP contribution is 2.24. The van der Waals surface area contributed by atoms with Gasteiger partial charge in [-0.05, 0) is 49.7 Å². The van der Waals surface area contributed by atoms with Gasteiger partial charge in [-0.3, -0.25) is 0 Å². The van der Waals surface area contributed by atoms with E-state index in [4.69, 9.17) is 11.6 Å². The third-order valence-corrected chi connectivity index (χ3v) is 3.31. The van der Waals surface area contributed by atoms with Gasteiger partial charge in [-0.15, -0.1) is 5.10 Å². The molecule has 0 aliphatic carbocycles. The summed E-state index contributed by atoms with van der Waals surface area (Å²) < 4.78 is 14.6. The van der Waals surface area contributed by atoms with Gasteiger partial charge in [0.25, 0.3) is 0 Å². The Kier molecular flexibility index (Phi) is 2.75. The number of aromatic nitrogens is 3. The van der Waals surface area contributed by atoms with E-state index < -0.39 is 0 Å². The fraction of sp³-hybridized carbons (Fsp3) is 0.143. The third kappa shape index (κ3) is 1.98. The third-order valence-electron chi connectivity index (χ3n) is 3.04. The second-order valence-electron chi connectivity index (χ2n) is 4.44. The normalized spacial score (nSPS) is 11.2. The first kappa shape index (κ1) is 12.1. The second kappa shape index (κ2) is 4.31. The molecule has 0 spiro atoms. The molecule has 1 aromatic carbocycles. The molecule has 0 atom stereocenters. The first-order chi connectivity index (χ1) is 9.06. The van der Waals surface area contributed by atoms with Crippen molar-refractivity contribution in [2.45, 2.75) is 13.8 Å². The molecule has 0 radical (unpaired) electrons. The molecule has 2 aromatic heterocycles. The maximum Gasteiger partial charge on any atom is 0.180 e. The standard InChI is InChI=1S/C14H11ClFN3/c1-8-7-12(15)19-13(8)9(2)17-14(18-19)10-3-5-11(16)6-4-10/h3-7H,1-2H3. The summed E-state index contributed by atoms with van der Waals surface area (Å²) >= 11 is 6.15. The number of rotatable bonds is 1. The van der Waals surface area contributed by atoms with Gasteiger partial charge in [0.15, 0.2) is 5.82 Å². The summed E-state index contributed by atoms with van der Waals surface area (Å²) in [7, 11) is 0. The van der Waals surface area contributed by atoms with Gasteiger partial charge in [-0.25, -0.2) is 13.9 Å². The lowest BCUT2D eigenvalue weighted by atomic mass is 10.2. The summed E-state index contributed by atoms with van der Waals surface area (Å²) in [5.74, 6) is 0.249. The summed E-state index contributed by atoms with van der Waals surface area (Å²) in [4.78, 5) is 4.46. The van der Waals surface area contributed by atoms with Crippen molar-refractivity contribution in [1.82, 2.24) is 14.6 Å². The van der Waals surface area contributed by atoms with Crippen LogP contribution in [0, 0.1) is 19.7 Å². The molecule has 0 saturated heterocycles. The second-order valence-corrected chi connectivity index (χ2v) is 4.83. The van der Waals surface area contributed by atoms with Crippen LogP contribution in [0.1, 0.15) is 11.3 Å². The summed E-state index contributed by atoms with van der Waals surface area (Å²) in [6.07, 6.45) is 0. The minimum atomic E-state index is -0.281. The molecule has 2 heterocycles. The zero-order valence-corrected chi connectivity index (χ0v) is 11.2. The van der Waals surface area contributed by atoms with E-state index in [9.17, 15) is 4.39 Å². The predicted octanol–water partition coefficient (Wildman–Crippen LogP) is 3.81. The summed E-state index contributed by atoms with van der Waals surface area (Å²) in [5, 5.41) is 4.95. The lowest BCUT2D eigenvalue weighted by Gasteiger charge is -2.05. The topological polar surface area (TPSA) is 30.2 Å². The molecule has 0 bridgehead atoms. The van der Waals surface area contributed by atoms with Crippen LogP contribution in [-0.4, -0.2) is 14.6 Å². The Balaban J connectivity index is 2.26. The summed E-state index contributed by atoms with van der Waals surface area (Å²) in [6.45, 7) is 3.88. The fourth-order valence-corrected chi connectivity index (χ4v) is 2.45. The van der Waals surface area contributed by atoms with Crippen molar-refractivity contribution in [2.24, 2.45) is 0 Å². The first-order valence-electron chi connectivity index (χ1n) is 5.84. The van der Waals surface area contributed by atoms with E-state index in [1.165, 1.54) is 12.1 Å². The van der Waals surface area contributed by atoms with Gasteiger partial charge < -0.3 is 0 Å². The van der Waals surface area contributed by atoms with Crippen molar-refractivity contribution in [1.29, 1.82) is 0 Å². The lowest BCUT2D eigenvalue weighted by molar-refractivity contribution is 0.628. The molecule has 0 N–H and O–H groups in total. The molecule has 0 amide bonds. The first-order valence-corrected chi connectivity index (χ1v) is 6.22. The highest BCUT2D eigenvalue weighted by molar-refractivity contribution is 6.30. The fourth-order valence-electron chi connectivity index (χ4n) is 2.17. The Morgan fingerprint density at radius 1 is 1.16 bits per heavy atom. The molecule has 0 saturated carbocycles. The summed E-state index contributed by atoms with van der Waals surface area (Å²) in [5.41, 5.74) is 3.55. The van der Waals surface area contributed by atoms with Crippen molar-refractivity contribution < 1.29 is 4.39 Å². The number of fused-ring (bicyclic) bond motifs is 1. The summed E-state index contributed by atoms with van der Waals surface area (Å²) in [6, 6.07) is 7.94. The molecule has 19 heavy (non-hydrogen) atoms. The Labute approximate surface area is 114 Å². The van der Waals surface area contributed by atoms with Gasteiger partial charge in [-0.1, -0.05) is 11.6 Å². The number of hydrogen-bond donors (Lipinski definition) is 0. The molecule has 96 valence electrons. The van der Waals surface area contributed by atoms with Crippen LogP contribution in [0.25, 0.3) is 16.9 Å². The Hall–Kier alpha value is -1.94. The minimum absolute atomic E-state index is 0.281. The smallest absolute Gasteiger partial charge is 0.180 e. The van der Waals surface area contributed by atoms with Crippen LogP contribution in [0.5, 0.6) is 0 Å². The zero-order chi connectivity index (χ0) is 13.6. The van der Waals surface area contributed by atoms with Crippen LogP contribution in [0.3, 0.4) is 0 Å². The molecule has 3 rings (SSSR count). The van der Waals surface area contributed by atoms with Gasteiger partial charge in [-0.2, -0.15) is 0 Å². The van der Waals surface area contributed by atoms with Crippen molar-refractivity contribution >= 4 is 17.1 Å². The van der Waals surface area contributed by atoms with Crippen LogP contribution in [0.2, 0.25) is 5.15 Å². The van der Waals surface area contributed by atoms with Crippen molar-refractivity contribution in [2.75, 3.05) is 0 Å². The van der Waals surface area contributed by atoms with Crippen LogP contribution < -0.4 is 0 Å². The monoisotopic (exact) mass is 275 g/mol. The van der Waals surface area contributed by atoms with E-state index in [2.05, 4.69) is 10.1 Å². The van der Waals surface area contributed by atoms with Crippen LogP contribution in [0.4, 0.5) is 4.39 Å². The largest absolute Gasteiger partial charge is 0.230 e. The SMILES string of the molecule is Cc1cc(Cl)n2nc(-c3ccc(F)cc3)nc(C)c12. The minimum Gasteiger partial charge on any atom is -0.230 e. The predicted molar refractivity (Wildman–Crippen MR) is 72.9 cm³/mol. The van der Waals surface area contributed by atoms with E-state index in [0.29, 0.717) is 11.0 Å². The Morgan fingerprint density at radius 2 is 1.84 bits per heavy atom. The number of nitrogens with zero attached hydrogens (tertiary/aromatic N) is 3. The molecular formula is C14H11ClFN3. The van der Waals surface area contributed by atoms with E-state index >= 15 is 0 Å². The van der Waals surface area contributed by atoms with E-state index in [-0.39, 0.29) is 5.82 Å². The van der Waals surface area contributed by atoms with Gasteiger partial charge in [0.1, 0.15) is 11.0 Å². The average molecular weight is 276 g/mol. The quantitative estimate of drug-likeness (QED) is 0.676. The van der Waals surface area contributed by atoms with Crippen LogP contribution in [-0.2, 0) is 0 Å². The maximum absolute atomic E-state index is 12.9. The molecule has 3 aromatic rings. The van der Waals surface area contributed by atoms with Gasteiger partial charge >= 0.3 is 0 Å². The molecule has 0 fully saturated rings. The van der Waals surface area contributed by atoms with E-state index in [1.54, 1.807) is 16.6 Å². The maximum atomic E-state index is 12.9. The zero-order valence-electron chi connectivity index (χ0n) is 10.5. The van der Waals surface area contributed by atoms with Gasteiger partial charge in [0, 0.05) is 5.56 Å². The molecule has 0 aliphatic heterocycles. The highest BCUT2D eigenvalue weighted by atomic mass is 35.5. The van der Waals surface area contributed by atoms with Gasteiger partial charge in [0.2, 0.25) is 0 Å². The number of benzene rings is 1. The van der Waals surface area contributed by atoms with E-state index in [1.807, 2.05) is 19.9 Å². The number of aryl methyl sites for hydroxylation is 2. The average Bonchev–Trinajstić information content (AvgIpc) is 2.66. The van der Waals surface area contributed by atoms with Crippen molar-refractivity contribution in [3.05, 3.63) is 52.6 Å². The molecule has 0 aliphatic rings. The van der Waals surface area contributed by atoms with E-state index in [0.717, 1.165) is 22.3 Å². The molecule has 3 nitrogen and oxygen atoms in total. The van der Waals surface area contributed by atoms with Crippen molar-refractivity contribution in [3.8, 4) is 11.4 Å². The van der Waals surface area contributed by atoms with Crippen LogP contribution in [0.15, 0.2) is 30.3 Å². The Bertz CT molecular complexity index is 762. The molecule has 5 heteroatoms. The number of hydrogen-bond acceptors (Lipinski definition) is 2. The Morgan fingerprint density at radius 3 is 2.53 bits per heavy atom. The molecular weight excluding hydrogens is 265 g/mol. The highest BCUT2D eigenvalue weighted by Gasteiger charge is 2.12. The lowest BCUT2D eigenvalue weighted by Crippen LogP contribution is -2.01. The van der Waals surface area contributed by atoms with Crippen molar-refractivity contribution in [3.63, 3.8) is 0 Å². The number of halogens is 2. The van der Waals surface area contributed by atoms with Gasteiger partial charge in [0.05, 0.1) is 11.2 Å².